The third kappa shape index (κ3) is 13.6. The van der Waals surface area contributed by atoms with Crippen LogP contribution in [0.3, 0.4) is 0 Å². The van der Waals surface area contributed by atoms with E-state index in [1.54, 1.807) is 0 Å². The van der Waals surface area contributed by atoms with Crippen LogP contribution in [0, 0.1) is 5.92 Å². The van der Waals surface area contributed by atoms with E-state index in [2.05, 4.69) is 33.2 Å². The van der Waals surface area contributed by atoms with Gasteiger partial charge in [0.05, 0.1) is 25.1 Å². The summed E-state index contributed by atoms with van der Waals surface area (Å²) in [6.45, 7) is 8.52. The summed E-state index contributed by atoms with van der Waals surface area (Å²) in [5.74, 6) is -2.95. The maximum atomic E-state index is 12.9. The lowest BCUT2D eigenvalue weighted by Crippen LogP contribution is -2.56. The molecule has 0 bridgehead atoms. The van der Waals surface area contributed by atoms with E-state index < -0.39 is 54.3 Å². The largest absolute Gasteiger partial charge is 0.449 e. The zero-order valence-corrected chi connectivity index (χ0v) is 23.3. The molecule has 0 aliphatic heterocycles. The number of benzene rings is 1. The number of rotatable bonds is 18. The molecule has 13 nitrogen and oxygen atoms in total. The van der Waals surface area contributed by atoms with Crippen LogP contribution in [0.5, 0.6) is 0 Å². The van der Waals surface area contributed by atoms with Crippen LogP contribution in [0.2, 0.25) is 0 Å². The second-order valence-corrected chi connectivity index (χ2v) is 9.61. The third-order valence-corrected chi connectivity index (χ3v) is 5.51. The van der Waals surface area contributed by atoms with Crippen molar-refractivity contribution in [2.75, 3.05) is 26.3 Å². The number of hydrogen-bond acceptors (Lipinski definition) is 9. The van der Waals surface area contributed by atoms with E-state index in [1.165, 1.54) is 6.92 Å². The van der Waals surface area contributed by atoms with Gasteiger partial charge in [-0.15, -0.1) is 0 Å². The monoisotopic (exact) mass is 562 g/mol. The topological polar surface area (TPSA) is 201 Å². The van der Waals surface area contributed by atoms with Crippen LogP contribution in [-0.2, 0) is 30.3 Å². The highest BCUT2D eigenvalue weighted by molar-refractivity contribution is 6.38. The zero-order valence-electron chi connectivity index (χ0n) is 23.3. The predicted octanol–water partition coefficient (Wildman–Crippen LogP) is -0.553. The van der Waals surface area contributed by atoms with Gasteiger partial charge in [-0.1, -0.05) is 50.8 Å². The van der Waals surface area contributed by atoms with Gasteiger partial charge < -0.3 is 42.2 Å². The molecule has 4 amide bonds. The number of aliphatic hydroxyl groups excluding tert-OH is 1. The summed E-state index contributed by atoms with van der Waals surface area (Å²) in [5.41, 5.74) is 6.47. The molecule has 8 N–H and O–H groups in total. The molecule has 1 unspecified atom stereocenters. The van der Waals surface area contributed by atoms with Gasteiger partial charge >= 0.3 is 6.09 Å². The first kappa shape index (κ1) is 33.9. The molecule has 0 saturated carbocycles. The Morgan fingerprint density at radius 2 is 1.60 bits per heavy atom. The van der Waals surface area contributed by atoms with Crippen molar-refractivity contribution in [3.8, 4) is 0 Å². The molecule has 0 radical (unpaired) electrons. The van der Waals surface area contributed by atoms with Gasteiger partial charge in [0, 0.05) is 13.1 Å². The Kier molecular flexibility index (Phi) is 15.4. The molecule has 0 aliphatic carbocycles. The Labute approximate surface area is 234 Å². The van der Waals surface area contributed by atoms with E-state index in [4.69, 9.17) is 10.5 Å². The van der Waals surface area contributed by atoms with Crippen LogP contribution in [0.4, 0.5) is 4.79 Å². The lowest BCUT2D eigenvalue weighted by molar-refractivity contribution is -0.140. The smallest absolute Gasteiger partial charge is 0.407 e. The summed E-state index contributed by atoms with van der Waals surface area (Å²) in [6, 6.07) is 5.72. The lowest BCUT2D eigenvalue weighted by Gasteiger charge is -2.22. The van der Waals surface area contributed by atoms with Gasteiger partial charge in [-0.2, -0.15) is 0 Å². The van der Waals surface area contributed by atoms with Crippen molar-refractivity contribution in [1.29, 1.82) is 0 Å². The van der Waals surface area contributed by atoms with Gasteiger partial charge in [-0.25, -0.2) is 4.79 Å². The van der Waals surface area contributed by atoms with Crippen molar-refractivity contribution < 1.29 is 33.8 Å². The molecule has 0 aliphatic rings. The van der Waals surface area contributed by atoms with Gasteiger partial charge in [-0.3, -0.25) is 19.2 Å². The normalized spacial score (nSPS) is 12.8. The number of Topliss-reactive ketones (excluding diaryl/α,β-unsaturated/α-hetero) is 1. The molecule has 222 valence electrons. The Morgan fingerprint density at radius 1 is 0.925 bits per heavy atom. The number of carbonyl (C=O) groups excluding carboxylic acids is 5. The summed E-state index contributed by atoms with van der Waals surface area (Å²) >= 11 is 0. The summed E-state index contributed by atoms with van der Waals surface area (Å²) in [5, 5.41) is 22.0. The highest BCUT2D eigenvalue weighted by Crippen LogP contribution is 2.03. The minimum atomic E-state index is -1.36. The number of alkyl carbamates (subject to hydrolysis) is 1. The van der Waals surface area contributed by atoms with E-state index in [9.17, 15) is 29.1 Å². The lowest BCUT2D eigenvalue weighted by atomic mass is 10.0. The van der Waals surface area contributed by atoms with Crippen molar-refractivity contribution >= 4 is 29.6 Å². The molecule has 0 saturated heterocycles. The van der Waals surface area contributed by atoms with Crippen LogP contribution < -0.4 is 32.3 Å². The molecule has 1 aromatic carbocycles. The molecule has 1 rings (SSSR count). The fourth-order valence-corrected chi connectivity index (χ4v) is 3.33. The highest BCUT2D eigenvalue weighted by atomic mass is 16.5. The van der Waals surface area contributed by atoms with Gasteiger partial charge in [0.25, 0.3) is 5.91 Å². The molecule has 40 heavy (non-hydrogen) atoms. The Bertz CT molecular complexity index is 1000. The number of nitrogens with two attached hydrogens (primary N) is 1. The average Bonchev–Trinajstić information content (AvgIpc) is 2.91. The number of ketones is 1. The van der Waals surface area contributed by atoms with Crippen LogP contribution in [-0.4, -0.2) is 79.1 Å². The van der Waals surface area contributed by atoms with Crippen LogP contribution in [0.1, 0.15) is 39.2 Å². The van der Waals surface area contributed by atoms with Crippen molar-refractivity contribution in [3.05, 3.63) is 48.3 Å². The van der Waals surface area contributed by atoms with Gasteiger partial charge in [0.15, 0.2) is 0 Å². The minimum absolute atomic E-state index is 0.0716. The highest BCUT2D eigenvalue weighted by Gasteiger charge is 2.30. The Hall–Kier alpha value is -4.13. The van der Waals surface area contributed by atoms with Gasteiger partial charge in [-0.05, 0) is 37.7 Å². The van der Waals surface area contributed by atoms with Crippen molar-refractivity contribution in [2.45, 2.75) is 58.2 Å². The summed E-state index contributed by atoms with van der Waals surface area (Å²) in [6.07, 6.45) is 0.117. The van der Waals surface area contributed by atoms with E-state index in [1.807, 2.05) is 44.2 Å². The first-order chi connectivity index (χ1) is 18.9. The van der Waals surface area contributed by atoms with Gasteiger partial charge in [0.2, 0.25) is 17.6 Å². The van der Waals surface area contributed by atoms with E-state index in [-0.39, 0.29) is 31.3 Å². The fraction of sp³-hybridized carbons (Fsp3) is 0.519. The molecular formula is C27H42N6O7. The quantitative estimate of drug-likeness (QED) is 0.0905. The minimum Gasteiger partial charge on any atom is -0.449 e. The second kappa shape index (κ2) is 18.2. The summed E-state index contributed by atoms with van der Waals surface area (Å²) < 4.78 is 4.94. The molecule has 0 fully saturated rings. The average molecular weight is 563 g/mol. The SMILES string of the molecule is C=C(N)NCCCC(NC(=O)[C@H](C)NC(=O)[C@@H](CO)NC(=O)OCC(C)C)C(=O)C(=O)NCCc1ccccc1. The maximum Gasteiger partial charge on any atom is 0.407 e. The van der Waals surface area contributed by atoms with Crippen molar-refractivity contribution in [3.63, 3.8) is 0 Å². The molecule has 3 atom stereocenters. The molecule has 0 spiro atoms. The zero-order chi connectivity index (χ0) is 30.1. The molecule has 0 heterocycles. The number of nitrogens with one attached hydrogen (secondary N) is 5. The number of aliphatic hydroxyl groups is 1. The van der Waals surface area contributed by atoms with E-state index >= 15 is 0 Å². The number of carbonyl (C=O) groups is 5. The van der Waals surface area contributed by atoms with E-state index in [0.717, 1.165) is 5.56 Å². The third-order valence-electron chi connectivity index (χ3n) is 5.51. The van der Waals surface area contributed by atoms with Crippen molar-refractivity contribution in [1.82, 2.24) is 26.6 Å². The van der Waals surface area contributed by atoms with E-state index in [0.29, 0.717) is 19.4 Å². The molecular weight excluding hydrogens is 520 g/mol. The summed E-state index contributed by atoms with van der Waals surface area (Å²) in [4.78, 5) is 62.7. The number of amides is 4. The first-order valence-electron chi connectivity index (χ1n) is 13.1. The van der Waals surface area contributed by atoms with Crippen LogP contribution in [0.25, 0.3) is 0 Å². The second-order valence-electron chi connectivity index (χ2n) is 9.61. The molecule has 13 heteroatoms. The molecule has 1 aromatic rings. The van der Waals surface area contributed by atoms with Crippen molar-refractivity contribution in [2.24, 2.45) is 11.7 Å². The van der Waals surface area contributed by atoms with Crippen LogP contribution in [0.15, 0.2) is 42.7 Å². The predicted molar refractivity (Wildman–Crippen MR) is 148 cm³/mol. The fourth-order valence-electron chi connectivity index (χ4n) is 3.33. The maximum absolute atomic E-state index is 12.9. The van der Waals surface area contributed by atoms with Crippen LogP contribution >= 0.6 is 0 Å². The number of ether oxygens (including phenoxy) is 1. The Balaban J connectivity index is 2.75. The Morgan fingerprint density at radius 3 is 2.20 bits per heavy atom. The molecule has 0 aromatic heterocycles. The number of hydrogen-bond donors (Lipinski definition) is 7. The standard InChI is InChI=1S/C27H42N6O7/c1-17(2)16-40-27(39)33-22(15-34)25(37)31-18(3)24(36)32-21(11-8-13-29-19(4)28)23(35)26(38)30-14-12-20-9-6-5-7-10-20/h5-7,9-10,17-18,21-22,29,34H,4,8,11-16,28H2,1-3H3,(H,30,38)(H,31,37)(H,32,36)(H,33,39)/t18-,21?,22+/m0/s1. The first-order valence-corrected chi connectivity index (χ1v) is 13.1. The van der Waals surface area contributed by atoms with Gasteiger partial charge in [0.1, 0.15) is 12.1 Å². The summed E-state index contributed by atoms with van der Waals surface area (Å²) in [7, 11) is 0.